The van der Waals surface area contributed by atoms with E-state index in [4.69, 9.17) is 4.74 Å². The molecule has 1 heterocycles. The minimum atomic E-state index is -3.84. The first kappa shape index (κ1) is 26.2. The Kier molecular flexibility index (Phi) is 9.15. The second-order valence-electron chi connectivity index (χ2n) is 9.14. The van der Waals surface area contributed by atoms with Crippen LogP contribution in [0.2, 0.25) is 0 Å². The molecular formula is C27H36N2O4S. The average molecular weight is 485 g/mol. The molecular weight excluding hydrogens is 448 g/mol. The van der Waals surface area contributed by atoms with Gasteiger partial charge < -0.3 is 9.84 Å². The second-order valence-corrected chi connectivity index (χ2v) is 11.0. The number of ether oxygens (including phenoxy) is 1. The van der Waals surface area contributed by atoms with Gasteiger partial charge in [0, 0.05) is 43.6 Å². The quantitative estimate of drug-likeness (QED) is 0.607. The number of sulfonamides is 1. The summed E-state index contributed by atoms with van der Waals surface area (Å²) < 4.78 is 34.9. The molecule has 3 atom stereocenters. The van der Waals surface area contributed by atoms with Crippen LogP contribution in [-0.4, -0.2) is 61.6 Å². The summed E-state index contributed by atoms with van der Waals surface area (Å²) in [6, 6.07) is 14.7. The number of rotatable bonds is 7. The second kappa shape index (κ2) is 11.9. The number of fused-ring (bicyclic) bond motifs is 1. The van der Waals surface area contributed by atoms with E-state index in [0.29, 0.717) is 12.3 Å². The highest BCUT2D eigenvalue weighted by atomic mass is 32.2. The van der Waals surface area contributed by atoms with Crippen molar-refractivity contribution >= 4 is 10.0 Å². The highest BCUT2D eigenvalue weighted by Crippen LogP contribution is 2.34. The molecule has 0 spiro atoms. The van der Waals surface area contributed by atoms with Crippen LogP contribution in [-0.2, 0) is 16.6 Å². The summed E-state index contributed by atoms with van der Waals surface area (Å²) in [6.07, 6.45) is 1.50. The van der Waals surface area contributed by atoms with Gasteiger partial charge in [0.25, 0.3) is 0 Å². The molecule has 6 nitrogen and oxygen atoms in total. The van der Waals surface area contributed by atoms with E-state index in [1.54, 1.807) is 25.1 Å². The van der Waals surface area contributed by atoms with Crippen molar-refractivity contribution in [2.24, 2.45) is 5.92 Å². The van der Waals surface area contributed by atoms with Crippen molar-refractivity contribution in [1.82, 2.24) is 9.21 Å². The average Bonchev–Trinajstić information content (AvgIpc) is 2.81. The van der Waals surface area contributed by atoms with E-state index in [1.165, 1.54) is 9.87 Å². The lowest BCUT2D eigenvalue weighted by molar-refractivity contribution is 0.0733. The lowest BCUT2D eigenvalue weighted by atomic mass is 10.0. The van der Waals surface area contributed by atoms with E-state index in [-0.39, 0.29) is 30.1 Å². The van der Waals surface area contributed by atoms with Crippen LogP contribution in [0, 0.1) is 17.8 Å². The maximum Gasteiger partial charge on any atom is 0.247 e. The van der Waals surface area contributed by atoms with Gasteiger partial charge in [0.05, 0.1) is 6.61 Å². The number of nitrogens with zero attached hydrogens (tertiary/aromatic N) is 2. The van der Waals surface area contributed by atoms with Crippen molar-refractivity contribution in [3.63, 3.8) is 0 Å². The van der Waals surface area contributed by atoms with Crippen LogP contribution >= 0.6 is 0 Å². The highest BCUT2D eigenvalue weighted by Gasteiger charge is 2.38. The van der Waals surface area contributed by atoms with Crippen LogP contribution in [0.15, 0.2) is 53.4 Å². The van der Waals surface area contributed by atoms with Gasteiger partial charge in [0.2, 0.25) is 10.0 Å². The molecule has 0 aromatic heterocycles. The van der Waals surface area contributed by atoms with Gasteiger partial charge in [0.1, 0.15) is 16.7 Å². The van der Waals surface area contributed by atoms with E-state index >= 15 is 0 Å². The van der Waals surface area contributed by atoms with Crippen molar-refractivity contribution in [3.8, 4) is 17.6 Å². The van der Waals surface area contributed by atoms with Crippen LogP contribution in [0.3, 0.4) is 0 Å². The van der Waals surface area contributed by atoms with Crippen LogP contribution in [0.1, 0.15) is 44.7 Å². The van der Waals surface area contributed by atoms with E-state index in [9.17, 15) is 13.5 Å². The maximum atomic E-state index is 13.6. The number of benzene rings is 2. The summed E-state index contributed by atoms with van der Waals surface area (Å²) in [5.74, 6) is 6.46. The summed E-state index contributed by atoms with van der Waals surface area (Å²) in [7, 11) is -1.80. The molecule has 3 rings (SSSR count). The number of likely N-dealkylation sites (N-methyl/N-ethyl adjacent to an activating group) is 1. The lowest BCUT2D eigenvalue weighted by Gasteiger charge is -2.37. The minimum absolute atomic E-state index is 0.0926. The molecule has 2 aromatic carbocycles. The molecule has 1 aliphatic heterocycles. The molecule has 0 radical (unpaired) electrons. The first-order valence-corrected chi connectivity index (χ1v) is 13.3. The van der Waals surface area contributed by atoms with E-state index in [0.717, 1.165) is 24.9 Å². The normalized spacial score (nSPS) is 20.9. The van der Waals surface area contributed by atoms with Gasteiger partial charge in [-0.3, -0.25) is 4.90 Å². The van der Waals surface area contributed by atoms with Gasteiger partial charge in [-0.2, -0.15) is 4.31 Å². The third-order valence-electron chi connectivity index (χ3n) is 6.06. The summed E-state index contributed by atoms with van der Waals surface area (Å²) >= 11 is 0. The topological polar surface area (TPSA) is 70.1 Å². The standard InChI is InChI=1S/C27H36N2O4S/c1-5-6-8-11-23-14-15-27-25(16-23)33-26(19-28(4)18-24-12-9-7-10-13-24)21(2)17-29(22(3)20-30)34(27,31)32/h7,9-10,12-16,21-22,26,30H,5-6,17-20H2,1-4H3/t21-,22+,26+/m0/s1. The third-order valence-corrected chi connectivity index (χ3v) is 8.08. The van der Waals surface area contributed by atoms with Gasteiger partial charge in [0.15, 0.2) is 0 Å². The third kappa shape index (κ3) is 6.39. The Morgan fingerprint density at radius 3 is 2.65 bits per heavy atom. The summed E-state index contributed by atoms with van der Waals surface area (Å²) in [5.41, 5.74) is 1.93. The Bertz CT molecular complexity index is 1110. The molecule has 0 fully saturated rings. The zero-order chi connectivity index (χ0) is 24.7. The van der Waals surface area contributed by atoms with Crippen LogP contribution in [0.4, 0.5) is 0 Å². The molecule has 2 aromatic rings. The Hall–Kier alpha value is -2.37. The zero-order valence-electron chi connectivity index (χ0n) is 20.6. The lowest BCUT2D eigenvalue weighted by Crippen LogP contribution is -2.49. The summed E-state index contributed by atoms with van der Waals surface area (Å²) in [5, 5.41) is 9.79. The predicted molar refractivity (Wildman–Crippen MR) is 135 cm³/mol. The molecule has 0 saturated carbocycles. The van der Waals surface area contributed by atoms with Crippen molar-refractivity contribution in [2.75, 3.05) is 26.7 Å². The molecule has 7 heteroatoms. The zero-order valence-corrected chi connectivity index (χ0v) is 21.4. The van der Waals surface area contributed by atoms with Gasteiger partial charge in [-0.25, -0.2) is 8.42 Å². The molecule has 0 aliphatic carbocycles. The van der Waals surface area contributed by atoms with Gasteiger partial charge in [-0.05, 0) is 44.2 Å². The predicted octanol–water partition coefficient (Wildman–Crippen LogP) is 3.74. The van der Waals surface area contributed by atoms with Crippen molar-refractivity contribution in [2.45, 2.75) is 57.2 Å². The number of aliphatic hydroxyl groups excluding tert-OH is 1. The van der Waals surface area contributed by atoms with Gasteiger partial charge >= 0.3 is 0 Å². The summed E-state index contributed by atoms with van der Waals surface area (Å²) in [6.45, 7) is 7.21. The van der Waals surface area contributed by atoms with E-state index in [1.807, 2.05) is 32.2 Å². The van der Waals surface area contributed by atoms with E-state index in [2.05, 4.69) is 35.8 Å². The molecule has 0 saturated heterocycles. The molecule has 0 bridgehead atoms. The van der Waals surface area contributed by atoms with Crippen LogP contribution in [0.25, 0.3) is 0 Å². The number of hydrogen-bond acceptors (Lipinski definition) is 5. The Balaban J connectivity index is 1.97. The van der Waals surface area contributed by atoms with Crippen molar-refractivity contribution in [1.29, 1.82) is 0 Å². The van der Waals surface area contributed by atoms with Crippen LogP contribution < -0.4 is 4.74 Å². The minimum Gasteiger partial charge on any atom is -0.487 e. The van der Waals surface area contributed by atoms with Crippen molar-refractivity contribution in [3.05, 3.63) is 59.7 Å². The fraction of sp³-hybridized carbons (Fsp3) is 0.481. The molecule has 1 aliphatic rings. The Labute approximate surface area is 204 Å². The Morgan fingerprint density at radius 1 is 1.24 bits per heavy atom. The molecule has 0 amide bonds. The first-order valence-electron chi connectivity index (χ1n) is 11.9. The molecule has 1 N–H and O–H groups in total. The van der Waals surface area contributed by atoms with Gasteiger partial charge in [-0.1, -0.05) is 56.0 Å². The van der Waals surface area contributed by atoms with E-state index < -0.39 is 16.1 Å². The molecule has 34 heavy (non-hydrogen) atoms. The first-order chi connectivity index (χ1) is 16.3. The van der Waals surface area contributed by atoms with Crippen molar-refractivity contribution < 1.29 is 18.3 Å². The highest BCUT2D eigenvalue weighted by molar-refractivity contribution is 7.89. The number of aliphatic hydroxyl groups is 1. The van der Waals surface area contributed by atoms with Gasteiger partial charge in [-0.15, -0.1) is 0 Å². The molecule has 184 valence electrons. The maximum absolute atomic E-state index is 13.6. The summed E-state index contributed by atoms with van der Waals surface area (Å²) in [4.78, 5) is 2.31. The monoisotopic (exact) mass is 484 g/mol. The number of unbranched alkanes of at least 4 members (excludes halogenated alkanes) is 1. The number of hydrogen-bond donors (Lipinski definition) is 1. The smallest absolute Gasteiger partial charge is 0.247 e. The van der Waals surface area contributed by atoms with Crippen LogP contribution in [0.5, 0.6) is 5.75 Å². The Morgan fingerprint density at radius 2 is 1.97 bits per heavy atom. The fourth-order valence-electron chi connectivity index (χ4n) is 4.08. The molecule has 0 unspecified atom stereocenters. The SMILES string of the molecule is CCCC#Cc1ccc2c(c1)O[C@H](CN(C)Cc1ccccc1)[C@@H](C)CN([C@H](C)CO)S2(=O)=O. The fourth-order valence-corrected chi connectivity index (χ4v) is 5.90. The largest absolute Gasteiger partial charge is 0.487 e.